The minimum absolute atomic E-state index is 0.167. The third-order valence-electron chi connectivity index (χ3n) is 0.262. The van der Waals surface area contributed by atoms with Crippen molar-refractivity contribution in [3.8, 4) is 0 Å². The maximum Gasteiger partial charge on any atom is 0.343 e. The molecule has 0 unspecified atom stereocenters. The van der Waals surface area contributed by atoms with Crippen molar-refractivity contribution in [1.29, 1.82) is 0 Å². The van der Waals surface area contributed by atoms with Crippen molar-refractivity contribution in [2.24, 2.45) is 11.7 Å². The van der Waals surface area contributed by atoms with Crippen LogP contribution in [0.25, 0.3) is 0 Å². The number of aliphatic hydroxyl groups excluding tert-OH is 1. The van der Waals surface area contributed by atoms with E-state index in [0.29, 0.717) is 0 Å². The van der Waals surface area contributed by atoms with Gasteiger partial charge in [-0.1, -0.05) is 0 Å². The summed E-state index contributed by atoms with van der Waals surface area (Å²) in [5.74, 6) is 9.08. The Morgan fingerprint density at radius 3 is 1.60 bits per heavy atom. The number of hydrazine groups is 2. The zero-order valence-corrected chi connectivity index (χ0v) is 6.09. The van der Waals surface area contributed by atoms with Crippen LogP contribution in [0.1, 0.15) is 13.8 Å². The SMILES string of the molecule is CC(C)O.NNC(=O)NN. The lowest BCUT2D eigenvalue weighted by molar-refractivity contribution is 0.216. The predicted octanol–water partition coefficient (Wildman–Crippen LogP) is -1.58. The van der Waals surface area contributed by atoms with E-state index in [-0.39, 0.29) is 6.10 Å². The van der Waals surface area contributed by atoms with E-state index in [9.17, 15) is 4.79 Å². The van der Waals surface area contributed by atoms with Crippen LogP contribution in [0.15, 0.2) is 0 Å². The predicted molar refractivity (Wildman–Crippen MR) is 37.4 cm³/mol. The van der Waals surface area contributed by atoms with Gasteiger partial charge < -0.3 is 5.11 Å². The van der Waals surface area contributed by atoms with Crippen molar-refractivity contribution in [2.75, 3.05) is 0 Å². The largest absolute Gasteiger partial charge is 0.394 e. The Bertz CT molecular complexity index is 76.6. The van der Waals surface area contributed by atoms with Crippen LogP contribution in [0.3, 0.4) is 0 Å². The molecule has 0 fully saturated rings. The number of hydrogen-bond acceptors (Lipinski definition) is 4. The molecule has 6 heteroatoms. The summed E-state index contributed by atoms with van der Waals surface area (Å²) in [7, 11) is 0. The molecule has 0 spiro atoms. The third-order valence-corrected chi connectivity index (χ3v) is 0.262. The van der Waals surface area contributed by atoms with Crippen LogP contribution >= 0.6 is 0 Å². The van der Waals surface area contributed by atoms with Gasteiger partial charge in [0.05, 0.1) is 0 Å². The van der Waals surface area contributed by atoms with E-state index in [1.807, 2.05) is 0 Å². The first kappa shape index (κ1) is 11.9. The van der Waals surface area contributed by atoms with Gasteiger partial charge in [-0.2, -0.15) is 0 Å². The van der Waals surface area contributed by atoms with Gasteiger partial charge in [-0.15, -0.1) is 0 Å². The first-order chi connectivity index (χ1) is 4.54. The monoisotopic (exact) mass is 150 g/mol. The molecule has 62 valence electrons. The van der Waals surface area contributed by atoms with Crippen LogP contribution in [0, 0.1) is 0 Å². The average molecular weight is 150 g/mol. The summed E-state index contributed by atoms with van der Waals surface area (Å²) in [6.45, 7) is 3.44. The fraction of sp³-hybridized carbons (Fsp3) is 0.750. The smallest absolute Gasteiger partial charge is 0.343 e. The molecule has 7 N–H and O–H groups in total. The summed E-state index contributed by atoms with van der Waals surface area (Å²) in [6, 6.07) is -0.602. The Hall–Kier alpha value is -0.850. The van der Waals surface area contributed by atoms with Crippen LogP contribution in [0.4, 0.5) is 4.79 Å². The number of rotatable bonds is 0. The molecule has 6 nitrogen and oxygen atoms in total. The van der Waals surface area contributed by atoms with E-state index in [1.165, 1.54) is 0 Å². The number of aliphatic hydroxyl groups is 1. The van der Waals surface area contributed by atoms with Gasteiger partial charge in [0.25, 0.3) is 0 Å². The Kier molecular flexibility index (Phi) is 9.69. The number of carbonyl (C=O) groups excluding carboxylic acids is 1. The van der Waals surface area contributed by atoms with Crippen molar-refractivity contribution in [3.63, 3.8) is 0 Å². The first-order valence-electron chi connectivity index (χ1n) is 2.69. The maximum atomic E-state index is 9.71. The highest BCUT2D eigenvalue weighted by atomic mass is 16.3. The summed E-state index contributed by atoms with van der Waals surface area (Å²) in [5, 5.41) is 8.06. The molecule has 0 aliphatic rings. The lowest BCUT2D eigenvalue weighted by Gasteiger charge is -1.90. The van der Waals surface area contributed by atoms with Crippen LogP contribution in [0.5, 0.6) is 0 Å². The summed E-state index contributed by atoms with van der Waals surface area (Å²) in [4.78, 5) is 9.71. The molecule has 10 heavy (non-hydrogen) atoms. The standard InChI is InChI=1S/C3H8O.CH6N4O/c1-3(2)4;2-4-1(6)5-3/h3-4H,1-2H3;2-3H2,(H2,4,5,6). The van der Waals surface area contributed by atoms with Crippen LogP contribution < -0.4 is 22.5 Å². The third kappa shape index (κ3) is 27.3. The molecule has 0 heterocycles. The van der Waals surface area contributed by atoms with Gasteiger partial charge in [0.1, 0.15) is 0 Å². The van der Waals surface area contributed by atoms with Gasteiger partial charge in [0.15, 0.2) is 0 Å². The van der Waals surface area contributed by atoms with Crippen molar-refractivity contribution in [2.45, 2.75) is 20.0 Å². The van der Waals surface area contributed by atoms with Gasteiger partial charge in [-0.3, -0.25) is 10.9 Å². The molecular formula is C4H14N4O2. The second-order valence-corrected chi connectivity index (χ2v) is 1.71. The molecule has 2 amide bonds. The highest BCUT2D eigenvalue weighted by Gasteiger charge is 1.83. The van der Waals surface area contributed by atoms with E-state index in [4.69, 9.17) is 5.11 Å². The molecule has 0 saturated carbocycles. The molecule has 0 rings (SSSR count). The molecule has 0 aromatic heterocycles. The minimum atomic E-state index is -0.602. The first-order valence-corrected chi connectivity index (χ1v) is 2.69. The number of urea groups is 1. The second-order valence-electron chi connectivity index (χ2n) is 1.71. The van der Waals surface area contributed by atoms with Crippen molar-refractivity contribution in [3.05, 3.63) is 0 Å². The van der Waals surface area contributed by atoms with Gasteiger partial charge in [-0.25, -0.2) is 16.5 Å². The number of carbonyl (C=O) groups is 1. The number of hydrogen-bond donors (Lipinski definition) is 5. The Labute approximate surface area is 59.5 Å². The quantitative estimate of drug-likeness (QED) is 0.163. The lowest BCUT2D eigenvalue weighted by atomic mass is 10.5. The zero-order chi connectivity index (χ0) is 8.57. The van der Waals surface area contributed by atoms with Gasteiger partial charge in [-0.05, 0) is 13.8 Å². The molecule has 0 aliphatic heterocycles. The van der Waals surface area contributed by atoms with Crippen molar-refractivity contribution < 1.29 is 9.90 Å². The number of nitrogens with one attached hydrogen (secondary N) is 2. The summed E-state index contributed by atoms with van der Waals surface area (Å²) >= 11 is 0. The number of amides is 2. The highest BCUT2D eigenvalue weighted by Crippen LogP contribution is 1.65. The molecule has 0 aromatic rings. The summed E-state index contributed by atoms with van der Waals surface area (Å²) < 4.78 is 0. The van der Waals surface area contributed by atoms with Gasteiger partial charge in [0.2, 0.25) is 0 Å². The molecular weight excluding hydrogens is 136 g/mol. The van der Waals surface area contributed by atoms with Gasteiger partial charge >= 0.3 is 6.03 Å². The Morgan fingerprint density at radius 2 is 1.60 bits per heavy atom. The average Bonchev–Trinajstić information content (AvgIpc) is 1.85. The van der Waals surface area contributed by atoms with E-state index in [2.05, 4.69) is 11.7 Å². The number of nitrogens with two attached hydrogens (primary N) is 2. The van der Waals surface area contributed by atoms with Crippen LogP contribution in [-0.2, 0) is 0 Å². The highest BCUT2D eigenvalue weighted by molar-refractivity contribution is 5.72. The fourth-order valence-electron chi connectivity index (χ4n) is 0.0417. The van der Waals surface area contributed by atoms with Crippen LogP contribution in [-0.4, -0.2) is 17.2 Å². The molecule has 0 saturated heterocycles. The van der Waals surface area contributed by atoms with E-state index in [1.54, 1.807) is 24.7 Å². The topological polar surface area (TPSA) is 113 Å². The van der Waals surface area contributed by atoms with Crippen LogP contribution in [0.2, 0.25) is 0 Å². The van der Waals surface area contributed by atoms with Gasteiger partial charge in [0, 0.05) is 6.10 Å². The van der Waals surface area contributed by atoms with Crippen molar-refractivity contribution >= 4 is 6.03 Å². The maximum absolute atomic E-state index is 9.71. The molecule has 0 bridgehead atoms. The Balaban J connectivity index is 0. The summed E-state index contributed by atoms with van der Waals surface area (Å²) in [5.41, 5.74) is 3.48. The van der Waals surface area contributed by atoms with E-state index >= 15 is 0 Å². The molecule has 0 radical (unpaired) electrons. The second kappa shape index (κ2) is 8.15. The molecule has 0 aliphatic carbocycles. The zero-order valence-electron chi connectivity index (χ0n) is 6.09. The minimum Gasteiger partial charge on any atom is -0.394 e. The lowest BCUT2D eigenvalue weighted by Crippen LogP contribution is -2.43. The van der Waals surface area contributed by atoms with Crippen molar-refractivity contribution in [1.82, 2.24) is 10.9 Å². The van der Waals surface area contributed by atoms with E-state index < -0.39 is 6.03 Å². The fourth-order valence-corrected chi connectivity index (χ4v) is 0.0417. The van der Waals surface area contributed by atoms with E-state index in [0.717, 1.165) is 0 Å². The summed E-state index contributed by atoms with van der Waals surface area (Å²) in [6.07, 6.45) is -0.167. The molecule has 0 aromatic carbocycles. The molecule has 0 atom stereocenters. The normalized spacial score (nSPS) is 7.80. The Morgan fingerprint density at radius 1 is 1.40 bits per heavy atom.